The van der Waals surface area contributed by atoms with E-state index in [4.69, 9.17) is 5.73 Å². The van der Waals surface area contributed by atoms with Crippen molar-refractivity contribution in [2.24, 2.45) is 5.73 Å². The standard InChI is InChI=1S/C6H14IN/c1-6(2,7)4-3-5-8/h3-5,8H2,1-2H3. The van der Waals surface area contributed by atoms with Gasteiger partial charge < -0.3 is 5.73 Å². The normalized spacial score (nSPS) is 12.0. The van der Waals surface area contributed by atoms with Crippen LogP contribution in [0.1, 0.15) is 26.7 Å². The minimum Gasteiger partial charge on any atom is -0.330 e. The second-order valence-corrected chi connectivity index (χ2v) is 5.53. The molecule has 0 fully saturated rings. The van der Waals surface area contributed by atoms with Crippen LogP contribution in [0.5, 0.6) is 0 Å². The average Bonchev–Trinajstić information content (AvgIpc) is 1.59. The van der Waals surface area contributed by atoms with Crippen LogP contribution in [0, 0.1) is 0 Å². The van der Waals surface area contributed by atoms with Gasteiger partial charge in [0.2, 0.25) is 0 Å². The van der Waals surface area contributed by atoms with Crippen molar-refractivity contribution in [1.82, 2.24) is 0 Å². The van der Waals surface area contributed by atoms with Crippen LogP contribution in [0.2, 0.25) is 0 Å². The Morgan fingerprint density at radius 1 is 1.50 bits per heavy atom. The van der Waals surface area contributed by atoms with Crippen molar-refractivity contribution in [2.75, 3.05) is 6.54 Å². The van der Waals surface area contributed by atoms with E-state index in [-0.39, 0.29) is 0 Å². The first-order valence-corrected chi connectivity index (χ1v) is 4.03. The lowest BCUT2D eigenvalue weighted by Crippen LogP contribution is -2.11. The fourth-order valence-electron chi connectivity index (χ4n) is 0.522. The molecule has 0 aliphatic carbocycles. The van der Waals surface area contributed by atoms with Gasteiger partial charge in [-0.1, -0.05) is 36.4 Å². The SMILES string of the molecule is CC(C)(I)CCCN. The summed E-state index contributed by atoms with van der Waals surface area (Å²) in [5.74, 6) is 0. The molecule has 0 aromatic carbocycles. The second-order valence-electron chi connectivity index (χ2n) is 2.61. The molecule has 8 heavy (non-hydrogen) atoms. The number of rotatable bonds is 3. The van der Waals surface area contributed by atoms with E-state index >= 15 is 0 Å². The largest absolute Gasteiger partial charge is 0.330 e. The fourth-order valence-corrected chi connectivity index (χ4v) is 0.904. The van der Waals surface area contributed by atoms with Crippen LogP contribution in [-0.4, -0.2) is 9.97 Å². The van der Waals surface area contributed by atoms with Gasteiger partial charge in [-0.3, -0.25) is 0 Å². The summed E-state index contributed by atoms with van der Waals surface area (Å²) in [7, 11) is 0. The third kappa shape index (κ3) is 6.69. The lowest BCUT2D eigenvalue weighted by molar-refractivity contribution is 0.632. The molecule has 50 valence electrons. The summed E-state index contributed by atoms with van der Waals surface area (Å²) in [5.41, 5.74) is 5.33. The van der Waals surface area contributed by atoms with Crippen LogP contribution in [0.4, 0.5) is 0 Å². The molecular formula is C6H14IN. The summed E-state index contributed by atoms with van der Waals surface area (Å²) >= 11 is 2.44. The van der Waals surface area contributed by atoms with E-state index in [1.807, 2.05) is 0 Å². The number of hydrogen-bond acceptors (Lipinski definition) is 1. The third-order valence-corrected chi connectivity index (χ3v) is 1.51. The topological polar surface area (TPSA) is 26.0 Å². The van der Waals surface area contributed by atoms with Gasteiger partial charge in [0.05, 0.1) is 0 Å². The number of nitrogens with two attached hydrogens (primary N) is 1. The molecule has 0 unspecified atom stereocenters. The zero-order valence-electron chi connectivity index (χ0n) is 5.58. The minimum absolute atomic E-state index is 0.442. The number of halogens is 1. The molecule has 0 aromatic heterocycles. The van der Waals surface area contributed by atoms with Crippen molar-refractivity contribution < 1.29 is 0 Å². The van der Waals surface area contributed by atoms with Crippen LogP contribution in [0.15, 0.2) is 0 Å². The van der Waals surface area contributed by atoms with Gasteiger partial charge in [0.25, 0.3) is 0 Å². The minimum atomic E-state index is 0.442. The number of hydrogen-bond donors (Lipinski definition) is 1. The molecule has 0 spiro atoms. The summed E-state index contributed by atoms with van der Waals surface area (Å²) in [5, 5.41) is 0. The van der Waals surface area contributed by atoms with E-state index < -0.39 is 0 Å². The van der Waals surface area contributed by atoms with Gasteiger partial charge in [-0.15, -0.1) is 0 Å². The van der Waals surface area contributed by atoms with E-state index in [1.165, 1.54) is 6.42 Å². The fraction of sp³-hybridized carbons (Fsp3) is 1.00. The van der Waals surface area contributed by atoms with Crippen molar-refractivity contribution >= 4 is 22.6 Å². The predicted molar refractivity (Wildman–Crippen MR) is 46.4 cm³/mol. The van der Waals surface area contributed by atoms with E-state index in [0.717, 1.165) is 13.0 Å². The van der Waals surface area contributed by atoms with Crippen molar-refractivity contribution in [1.29, 1.82) is 0 Å². The summed E-state index contributed by atoms with van der Waals surface area (Å²) in [4.78, 5) is 0. The van der Waals surface area contributed by atoms with Gasteiger partial charge in [-0.05, 0) is 19.4 Å². The summed E-state index contributed by atoms with van der Waals surface area (Å²) < 4.78 is 0.442. The van der Waals surface area contributed by atoms with Crippen LogP contribution < -0.4 is 5.73 Å². The molecule has 0 heterocycles. The predicted octanol–water partition coefficient (Wildman–Crippen LogP) is 1.94. The second kappa shape index (κ2) is 3.67. The highest BCUT2D eigenvalue weighted by atomic mass is 127. The Balaban J connectivity index is 3.11. The molecule has 0 aliphatic rings. The van der Waals surface area contributed by atoms with Gasteiger partial charge in [0.15, 0.2) is 0 Å². The first-order valence-electron chi connectivity index (χ1n) is 2.95. The van der Waals surface area contributed by atoms with Gasteiger partial charge in [-0.25, -0.2) is 0 Å². The van der Waals surface area contributed by atoms with Gasteiger partial charge >= 0.3 is 0 Å². The molecule has 0 aromatic rings. The van der Waals surface area contributed by atoms with Crippen molar-refractivity contribution in [2.45, 2.75) is 30.1 Å². The molecule has 0 saturated heterocycles. The molecule has 0 aliphatic heterocycles. The van der Waals surface area contributed by atoms with Crippen molar-refractivity contribution in [3.63, 3.8) is 0 Å². The lowest BCUT2D eigenvalue weighted by Gasteiger charge is -2.13. The quantitative estimate of drug-likeness (QED) is 0.578. The van der Waals surface area contributed by atoms with E-state index in [0.29, 0.717) is 3.42 Å². The van der Waals surface area contributed by atoms with Crippen LogP contribution in [0.3, 0.4) is 0 Å². The van der Waals surface area contributed by atoms with Crippen LogP contribution in [0.25, 0.3) is 0 Å². The molecule has 0 radical (unpaired) electrons. The zero-order valence-corrected chi connectivity index (χ0v) is 7.73. The van der Waals surface area contributed by atoms with E-state index in [2.05, 4.69) is 36.4 Å². The smallest absolute Gasteiger partial charge is 0.0166 e. The third-order valence-electron chi connectivity index (χ3n) is 0.975. The molecule has 0 bridgehead atoms. The van der Waals surface area contributed by atoms with Crippen LogP contribution in [-0.2, 0) is 0 Å². The summed E-state index contributed by atoms with van der Waals surface area (Å²) in [6.07, 6.45) is 2.38. The molecule has 2 N–H and O–H groups in total. The first kappa shape index (κ1) is 8.69. The molecule has 1 nitrogen and oxygen atoms in total. The average molecular weight is 227 g/mol. The molecule has 2 heteroatoms. The highest BCUT2D eigenvalue weighted by Crippen LogP contribution is 2.21. The molecule has 0 rings (SSSR count). The highest BCUT2D eigenvalue weighted by molar-refractivity contribution is 14.1. The van der Waals surface area contributed by atoms with Gasteiger partial charge in [-0.2, -0.15) is 0 Å². The summed E-state index contributed by atoms with van der Waals surface area (Å²) in [6, 6.07) is 0. The Hall–Kier alpha value is 0.690. The maximum atomic E-state index is 5.33. The Kier molecular flexibility index (Phi) is 3.98. The number of alkyl halides is 1. The Morgan fingerprint density at radius 2 is 2.00 bits per heavy atom. The Bertz CT molecular complexity index is 56.0. The Morgan fingerprint density at radius 3 is 2.12 bits per heavy atom. The van der Waals surface area contributed by atoms with Crippen molar-refractivity contribution in [3.05, 3.63) is 0 Å². The molecule has 0 amide bonds. The lowest BCUT2D eigenvalue weighted by atomic mass is 10.1. The van der Waals surface area contributed by atoms with Gasteiger partial charge in [0.1, 0.15) is 0 Å². The maximum Gasteiger partial charge on any atom is 0.0166 e. The van der Waals surface area contributed by atoms with Crippen LogP contribution >= 0.6 is 22.6 Å². The van der Waals surface area contributed by atoms with E-state index in [1.54, 1.807) is 0 Å². The molecule has 0 saturated carbocycles. The monoisotopic (exact) mass is 227 g/mol. The van der Waals surface area contributed by atoms with E-state index in [9.17, 15) is 0 Å². The van der Waals surface area contributed by atoms with Gasteiger partial charge in [0, 0.05) is 3.42 Å². The van der Waals surface area contributed by atoms with Crippen molar-refractivity contribution in [3.8, 4) is 0 Å². The Labute approximate surface area is 65.2 Å². The first-order chi connectivity index (χ1) is 3.56. The summed E-state index contributed by atoms with van der Waals surface area (Å²) in [6.45, 7) is 5.28. The highest BCUT2D eigenvalue weighted by Gasteiger charge is 2.09. The molecular weight excluding hydrogens is 213 g/mol. The zero-order chi connectivity index (χ0) is 6.62. The maximum absolute atomic E-state index is 5.33. The molecule has 0 atom stereocenters.